The summed E-state index contributed by atoms with van der Waals surface area (Å²) in [7, 11) is 0. The van der Waals surface area contributed by atoms with E-state index in [-0.39, 0.29) is 11.8 Å². The molecule has 2 aliphatic rings. The number of hydrogen-bond donors (Lipinski definition) is 0. The number of carbonyl (C=O) groups excluding carboxylic acids is 2. The maximum atomic E-state index is 13.4. The highest BCUT2D eigenvalue weighted by Crippen LogP contribution is 2.39. The molecule has 1 saturated heterocycles. The van der Waals surface area contributed by atoms with E-state index in [1.807, 2.05) is 29.2 Å². The van der Waals surface area contributed by atoms with Gasteiger partial charge in [0, 0.05) is 23.7 Å². The zero-order valence-electron chi connectivity index (χ0n) is 15.5. The summed E-state index contributed by atoms with van der Waals surface area (Å²) in [6.45, 7) is 3.58. The molecule has 0 aromatic heterocycles. The van der Waals surface area contributed by atoms with Gasteiger partial charge in [0.1, 0.15) is 5.70 Å². The molecule has 0 unspecified atom stereocenters. The highest BCUT2D eigenvalue weighted by Gasteiger charge is 2.43. The molecule has 28 heavy (non-hydrogen) atoms. The minimum Gasteiger partial charge on any atom is -0.366 e. The molecule has 0 bridgehead atoms. The average molecular weight is 415 g/mol. The smallest absolute Gasteiger partial charge is 0.282 e. The average Bonchev–Trinajstić information content (AvgIpc) is 3.29. The minimum atomic E-state index is -0.347. The van der Waals surface area contributed by atoms with Crippen molar-refractivity contribution in [2.75, 3.05) is 18.0 Å². The molecule has 4 rings (SSSR count). The molecule has 2 aromatic carbocycles. The molecular weight excluding hydrogens is 395 g/mol. The number of rotatable bonds is 4. The van der Waals surface area contributed by atoms with Crippen LogP contribution in [0.2, 0.25) is 10.0 Å². The topological polar surface area (TPSA) is 40.6 Å². The highest BCUT2D eigenvalue weighted by molar-refractivity contribution is 6.47. The van der Waals surface area contributed by atoms with Gasteiger partial charge in [0.05, 0.1) is 16.3 Å². The van der Waals surface area contributed by atoms with Gasteiger partial charge in [-0.1, -0.05) is 48.3 Å². The Morgan fingerprint density at radius 3 is 2.21 bits per heavy atom. The van der Waals surface area contributed by atoms with Crippen LogP contribution in [0, 0.1) is 0 Å². The molecule has 2 aliphatic heterocycles. The van der Waals surface area contributed by atoms with E-state index in [1.165, 1.54) is 4.90 Å². The first-order valence-corrected chi connectivity index (χ1v) is 10.2. The molecule has 0 N–H and O–H groups in total. The number of nitrogens with zero attached hydrogens (tertiary/aromatic N) is 2. The van der Waals surface area contributed by atoms with Gasteiger partial charge >= 0.3 is 0 Å². The predicted octanol–water partition coefficient (Wildman–Crippen LogP) is 4.94. The van der Waals surface area contributed by atoms with Gasteiger partial charge < -0.3 is 4.90 Å². The first-order chi connectivity index (χ1) is 13.5. The van der Waals surface area contributed by atoms with E-state index in [0.717, 1.165) is 37.9 Å². The summed E-state index contributed by atoms with van der Waals surface area (Å²) in [5.74, 6) is -0.641. The van der Waals surface area contributed by atoms with Crippen molar-refractivity contribution in [1.29, 1.82) is 0 Å². The Morgan fingerprint density at radius 1 is 0.929 bits per heavy atom. The Hall–Kier alpha value is -2.30. The molecule has 2 heterocycles. The van der Waals surface area contributed by atoms with E-state index in [1.54, 1.807) is 18.2 Å². The van der Waals surface area contributed by atoms with Crippen molar-refractivity contribution >= 4 is 46.3 Å². The summed E-state index contributed by atoms with van der Waals surface area (Å²) >= 11 is 12.4. The Kier molecular flexibility index (Phi) is 5.17. The number of anilines is 1. The third-order valence-electron chi connectivity index (χ3n) is 5.28. The van der Waals surface area contributed by atoms with Gasteiger partial charge in [-0.3, -0.25) is 9.59 Å². The Bertz CT molecular complexity index is 977. The number of imide groups is 1. The molecule has 2 aromatic rings. The number of halogens is 2. The second kappa shape index (κ2) is 7.61. The standard InChI is InChI=1S/C22H20Cl2N2O2/c1-2-14-5-8-16(9-6-14)26-21(27)19(17-10-7-15(23)13-18(17)24)20(22(26)28)25-11-3-4-12-25/h5-10,13H,2-4,11-12H2,1H3. The molecule has 2 amide bonds. The SMILES string of the molecule is CCc1ccc(N2C(=O)C(c3ccc(Cl)cc3Cl)=C(N3CCCC3)C2=O)cc1. The van der Waals surface area contributed by atoms with E-state index in [0.29, 0.717) is 32.6 Å². The lowest BCUT2D eigenvalue weighted by atomic mass is 10.0. The number of carbonyl (C=O) groups is 2. The van der Waals surface area contributed by atoms with Crippen LogP contribution in [0.1, 0.15) is 30.9 Å². The van der Waals surface area contributed by atoms with Crippen molar-refractivity contribution in [2.24, 2.45) is 0 Å². The van der Waals surface area contributed by atoms with Crippen LogP contribution >= 0.6 is 23.2 Å². The Morgan fingerprint density at radius 2 is 1.61 bits per heavy atom. The zero-order valence-corrected chi connectivity index (χ0v) is 17.1. The molecule has 0 aliphatic carbocycles. The van der Waals surface area contributed by atoms with Crippen molar-refractivity contribution < 1.29 is 9.59 Å². The van der Waals surface area contributed by atoms with E-state index in [9.17, 15) is 9.59 Å². The molecule has 6 heteroatoms. The summed E-state index contributed by atoms with van der Waals surface area (Å²) in [4.78, 5) is 30.0. The lowest BCUT2D eigenvalue weighted by Gasteiger charge is -2.20. The molecule has 0 spiro atoms. The molecule has 0 saturated carbocycles. The molecule has 144 valence electrons. The van der Waals surface area contributed by atoms with Crippen LogP contribution in [-0.4, -0.2) is 29.8 Å². The summed E-state index contributed by atoms with van der Waals surface area (Å²) in [5.41, 5.74) is 3.05. The third-order valence-corrected chi connectivity index (χ3v) is 5.83. The molecular formula is C22H20Cl2N2O2. The number of benzene rings is 2. The quantitative estimate of drug-likeness (QED) is 0.665. The van der Waals surface area contributed by atoms with Crippen molar-refractivity contribution in [1.82, 2.24) is 4.90 Å². The second-order valence-corrected chi connectivity index (χ2v) is 7.85. The van der Waals surface area contributed by atoms with Crippen molar-refractivity contribution in [3.05, 3.63) is 69.3 Å². The second-order valence-electron chi connectivity index (χ2n) is 7.01. The number of aryl methyl sites for hydroxylation is 1. The van der Waals surface area contributed by atoms with Crippen LogP contribution in [0.3, 0.4) is 0 Å². The first-order valence-electron chi connectivity index (χ1n) is 9.43. The maximum Gasteiger partial charge on any atom is 0.282 e. The molecule has 0 radical (unpaired) electrons. The number of likely N-dealkylation sites (tertiary alicyclic amines) is 1. The van der Waals surface area contributed by atoms with E-state index >= 15 is 0 Å². The van der Waals surface area contributed by atoms with Crippen LogP contribution in [0.25, 0.3) is 5.57 Å². The largest absolute Gasteiger partial charge is 0.366 e. The van der Waals surface area contributed by atoms with Crippen molar-refractivity contribution in [2.45, 2.75) is 26.2 Å². The van der Waals surface area contributed by atoms with Crippen LogP contribution in [-0.2, 0) is 16.0 Å². The van der Waals surface area contributed by atoms with E-state index in [2.05, 4.69) is 6.92 Å². The number of amides is 2. The summed E-state index contributed by atoms with van der Waals surface area (Å²) in [5, 5.41) is 0.851. The van der Waals surface area contributed by atoms with E-state index < -0.39 is 0 Å². The lowest BCUT2D eigenvalue weighted by Crippen LogP contribution is -2.34. The number of hydrogen-bond acceptors (Lipinski definition) is 3. The molecule has 1 fully saturated rings. The van der Waals surface area contributed by atoms with Crippen LogP contribution in [0.5, 0.6) is 0 Å². The summed E-state index contributed by atoms with van der Waals surface area (Å²) < 4.78 is 0. The zero-order chi connectivity index (χ0) is 19.8. The van der Waals surface area contributed by atoms with Crippen LogP contribution in [0.4, 0.5) is 5.69 Å². The molecule has 0 atom stereocenters. The van der Waals surface area contributed by atoms with Crippen LogP contribution < -0.4 is 4.90 Å². The van der Waals surface area contributed by atoms with Gasteiger partial charge in [-0.2, -0.15) is 0 Å². The maximum absolute atomic E-state index is 13.4. The summed E-state index contributed by atoms with van der Waals surface area (Å²) in [6.07, 6.45) is 2.89. The fraction of sp³-hybridized carbons (Fsp3) is 0.273. The monoisotopic (exact) mass is 414 g/mol. The Balaban J connectivity index is 1.83. The lowest BCUT2D eigenvalue weighted by molar-refractivity contribution is -0.120. The fourth-order valence-electron chi connectivity index (χ4n) is 3.80. The first kappa shape index (κ1) is 19.0. The predicted molar refractivity (Wildman–Crippen MR) is 113 cm³/mol. The van der Waals surface area contributed by atoms with Gasteiger partial charge in [-0.15, -0.1) is 0 Å². The minimum absolute atomic E-state index is 0.294. The van der Waals surface area contributed by atoms with Gasteiger partial charge in [0.2, 0.25) is 0 Å². The van der Waals surface area contributed by atoms with Gasteiger partial charge in [-0.05, 0) is 49.1 Å². The summed E-state index contributed by atoms with van der Waals surface area (Å²) in [6, 6.07) is 12.5. The molecule has 4 nitrogen and oxygen atoms in total. The highest BCUT2D eigenvalue weighted by atomic mass is 35.5. The van der Waals surface area contributed by atoms with Crippen molar-refractivity contribution in [3.63, 3.8) is 0 Å². The van der Waals surface area contributed by atoms with Gasteiger partial charge in [-0.25, -0.2) is 4.90 Å². The normalized spacial score (nSPS) is 17.2. The van der Waals surface area contributed by atoms with Crippen LogP contribution in [0.15, 0.2) is 48.2 Å². The van der Waals surface area contributed by atoms with Gasteiger partial charge in [0.15, 0.2) is 0 Å². The fourth-order valence-corrected chi connectivity index (χ4v) is 4.31. The Labute approximate surface area is 174 Å². The van der Waals surface area contributed by atoms with E-state index in [4.69, 9.17) is 23.2 Å². The van der Waals surface area contributed by atoms with Gasteiger partial charge in [0.25, 0.3) is 11.8 Å². The third kappa shape index (κ3) is 3.21. The van der Waals surface area contributed by atoms with Crippen molar-refractivity contribution in [3.8, 4) is 0 Å².